The second-order valence-corrected chi connectivity index (χ2v) is 6.36. The lowest BCUT2D eigenvalue weighted by molar-refractivity contribution is 0.143. The Kier molecular flexibility index (Phi) is 5.09. The van der Waals surface area contributed by atoms with Crippen molar-refractivity contribution in [2.24, 2.45) is 14.1 Å². The van der Waals surface area contributed by atoms with Crippen LogP contribution in [-0.4, -0.2) is 64.6 Å². The molecule has 0 radical (unpaired) electrons. The van der Waals surface area contributed by atoms with Gasteiger partial charge in [0.25, 0.3) is 0 Å². The molecule has 0 aromatic carbocycles. The van der Waals surface area contributed by atoms with Crippen molar-refractivity contribution >= 4 is 13.1 Å². The van der Waals surface area contributed by atoms with Gasteiger partial charge in [-0.15, -0.1) is 0 Å². The van der Waals surface area contributed by atoms with Crippen molar-refractivity contribution < 1.29 is 14.8 Å². The summed E-state index contributed by atoms with van der Waals surface area (Å²) in [6, 6.07) is -0.235. The summed E-state index contributed by atoms with van der Waals surface area (Å²) in [6.45, 7) is 1.15. The molecule has 2 amide bonds. The van der Waals surface area contributed by atoms with E-state index in [1.165, 1.54) is 4.90 Å². The molecule has 1 aliphatic rings. The molecule has 1 aliphatic heterocycles. The number of carbonyl (C=O) groups is 1. The molecule has 9 nitrogen and oxygen atoms in total. The minimum absolute atomic E-state index is 0.235. The van der Waals surface area contributed by atoms with Crippen molar-refractivity contribution in [1.82, 2.24) is 28.9 Å². The molecule has 134 valence electrons. The number of imidazole rings is 2. The van der Waals surface area contributed by atoms with E-state index in [1.807, 2.05) is 35.6 Å². The van der Waals surface area contributed by atoms with Gasteiger partial charge < -0.3 is 29.0 Å². The van der Waals surface area contributed by atoms with Crippen LogP contribution in [0.5, 0.6) is 0 Å². The van der Waals surface area contributed by atoms with E-state index < -0.39 is 13.1 Å². The number of urea groups is 1. The summed E-state index contributed by atoms with van der Waals surface area (Å²) in [5.41, 5.74) is 0. The summed E-state index contributed by atoms with van der Waals surface area (Å²) in [5, 5.41) is 19.1. The highest BCUT2D eigenvalue weighted by molar-refractivity contribution is 6.43. The van der Waals surface area contributed by atoms with Gasteiger partial charge in [0.05, 0.1) is 19.0 Å². The van der Waals surface area contributed by atoms with Crippen molar-refractivity contribution in [3.05, 3.63) is 36.4 Å². The van der Waals surface area contributed by atoms with E-state index in [4.69, 9.17) is 0 Å². The zero-order chi connectivity index (χ0) is 18.0. The maximum Gasteiger partial charge on any atom is 0.475 e. The third-order valence-corrected chi connectivity index (χ3v) is 4.67. The van der Waals surface area contributed by atoms with Gasteiger partial charge in [-0.05, 0) is 12.8 Å². The molecule has 10 heteroatoms. The molecule has 0 saturated carbocycles. The van der Waals surface area contributed by atoms with Gasteiger partial charge in [0.1, 0.15) is 11.6 Å². The average molecular weight is 346 g/mol. The van der Waals surface area contributed by atoms with Crippen LogP contribution in [0.25, 0.3) is 0 Å². The van der Waals surface area contributed by atoms with Crippen LogP contribution in [0.1, 0.15) is 24.5 Å². The molecule has 3 rings (SSSR count). The lowest BCUT2D eigenvalue weighted by atomic mass is 9.78. The molecule has 1 saturated heterocycles. The Morgan fingerprint density at radius 2 is 1.76 bits per heavy atom. The summed E-state index contributed by atoms with van der Waals surface area (Å²) in [5.74, 6) is 0.934. The topological polar surface area (TPSA) is 99.7 Å². The fraction of sp³-hybridized carbons (Fsp3) is 0.533. The number of nitrogens with zero attached hydrogens (tertiary/aromatic N) is 6. The highest BCUT2D eigenvalue weighted by atomic mass is 16.4. The van der Waals surface area contributed by atoms with Crippen LogP contribution in [0.4, 0.5) is 4.79 Å². The maximum atomic E-state index is 13.1. The van der Waals surface area contributed by atoms with Gasteiger partial charge in [0.15, 0.2) is 0 Å². The minimum Gasteiger partial charge on any atom is -0.426 e. The number of rotatable bonds is 5. The number of amides is 2. The van der Waals surface area contributed by atoms with Gasteiger partial charge in [-0.1, -0.05) is 0 Å². The molecule has 2 aromatic heterocycles. The predicted molar refractivity (Wildman–Crippen MR) is 91.0 cm³/mol. The minimum atomic E-state index is -1.53. The fourth-order valence-electron chi connectivity index (χ4n) is 3.15. The molecule has 0 bridgehead atoms. The standard InChI is InChI=1S/C15H23BN6O3/c1-19-8-5-17-13(19)10-21(11-14-18-6-9-20(14)2)15(23)22-7-3-4-12(22)16(24)25/h5-6,8-9,12,24-25H,3-4,7,10-11H2,1-2H3. The van der Waals surface area contributed by atoms with E-state index >= 15 is 0 Å². The van der Waals surface area contributed by atoms with Crippen LogP contribution in [0, 0.1) is 0 Å². The predicted octanol–water partition coefficient (Wildman–Crippen LogP) is -0.248. The van der Waals surface area contributed by atoms with E-state index in [9.17, 15) is 14.8 Å². The molecule has 3 heterocycles. The van der Waals surface area contributed by atoms with Gasteiger partial charge in [-0.2, -0.15) is 0 Å². The van der Waals surface area contributed by atoms with Crippen molar-refractivity contribution in [3.63, 3.8) is 0 Å². The van der Waals surface area contributed by atoms with Crippen LogP contribution < -0.4 is 0 Å². The monoisotopic (exact) mass is 346 g/mol. The maximum absolute atomic E-state index is 13.1. The lowest BCUT2D eigenvalue weighted by Crippen LogP contribution is -2.50. The summed E-state index contributed by atoms with van der Waals surface area (Å²) in [4.78, 5) is 24.9. The molecule has 1 fully saturated rings. The van der Waals surface area contributed by atoms with Gasteiger partial charge in [-0.3, -0.25) is 0 Å². The smallest absolute Gasteiger partial charge is 0.426 e. The summed E-state index contributed by atoms with van der Waals surface area (Å²) in [6.07, 6.45) is 8.38. The molecular weight excluding hydrogens is 323 g/mol. The molecule has 0 aliphatic carbocycles. The van der Waals surface area contributed by atoms with E-state index in [2.05, 4.69) is 9.97 Å². The first kappa shape index (κ1) is 17.5. The Labute approximate surface area is 146 Å². The molecule has 1 unspecified atom stereocenters. The van der Waals surface area contributed by atoms with E-state index in [0.29, 0.717) is 26.1 Å². The Bertz CT molecular complexity index is 688. The third kappa shape index (κ3) is 3.69. The van der Waals surface area contributed by atoms with Gasteiger partial charge in [0.2, 0.25) is 0 Å². The number of hydrogen-bond acceptors (Lipinski definition) is 5. The van der Waals surface area contributed by atoms with Gasteiger partial charge in [-0.25, -0.2) is 14.8 Å². The average Bonchev–Trinajstić information content (AvgIpc) is 3.29. The largest absolute Gasteiger partial charge is 0.475 e. The molecule has 25 heavy (non-hydrogen) atoms. The number of hydrogen-bond donors (Lipinski definition) is 2. The van der Waals surface area contributed by atoms with E-state index in [-0.39, 0.29) is 6.03 Å². The van der Waals surface area contributed by atoms with Crippen molar-refractivity contribution in [2.45, 2.75) is 31.9 Å². The van der Waals surface area contributed by atoms with Gasteiger partial charge in [0, 0.05) is 45.4 Å². The number of likely N-dealkylation sites (tertiary alicyclic amines) is 1. The molecule has 2 aromatic rings. The van der Waals surface area contributed by atoms with Crippen molar-refractivity contribution in [2.75, 3.05) is 6.54 Å². The van der Waals surface area contributed by atoms with Crippen molar-refractivity contribution in [1.29, 1.82) is 0 Å². The third-order valence-electron chi connectivity index (χ3n) is 4.67. The quantitative estimate of drug-likeness (QED) is 0.728. The number of carbonyl (C=O) groups excluding carboxylic acids is 1. The second kappa shape index (κ2) is 7.28. The Morgan fingerprint density at radius 1 is 1.20 bits per heavy atom. The van der Waals surface area contributed by atoms with E-state index in [1.54, 1.807) is 17.3 Å². The molecule has 2 N–H and O–H groups in total. The molecule has 1 atom stereocenters. The van der Waals surface area contributed by atoms with Gasteiger partial charge >= 0.3 is 13.1 Å². The Hall–Kier alpha value is -2.33. The lowest BCUT2D eigenvalue weighted by Gasteiger charge is -2.31. The summed E-state index contributed by atoms with van der Waals surface area (Å²) in [7, 11) is 2.22. The summed E-state index contributed by atoms with van der Waals surface area (Å²) >= 11 is 0. The zero-order valence-electron chi connectivity index (χ0n) is 14.5. The Morgan fingerprint density at radius 3 is 2.20 bits per heavy atom. The zero-order valence-corrected chi connectivity index (χ0v) is 14.5. The van der Waals surface area contributed by atoms with Crippen molar-refractivity contribution in [3.8, 4) is 0 Å². The second-order valence-electron chi connectivity index (χ2n) is 6.36. The highest BCUT2D eigenvalue weighted by Gasteiger charge is 2.39. The highest BCUT2D eigenvalue weighted by Crippen LogP contribution is 2.21. The molecule has 0 spiro atoms. The first-order valence-corrected chi connectivity index (χ1v) is 8.31. The Balaban J connectivity index is 1.83. The van der Waals surface area contributed by atoms with Crippen LogP contribution in [0.2, 0.25) is 0 Å². The van der Waals surface area contributed by atoms with E-state index in [0.717, 1.165) is 18.1 Å². The number of aryl methyl sites for hydroxylation is 2. The molecular formula is C15H23BN6O3. The van der Waals surface area contributed by atoms with Crippen LogP contribution in [0.15, 0.2) is 24.8 Å². The SMILES string of the molecule is Cn1ccnc1CN(Cc1nccn1C)C(=O)N1CCCC1B(O)O. The van der Waals surface area contributed by atoms with Crippen LogP contribution in [0.3, 0.4) is 0 Å². The van der Waals surface area contributed by atoms with Crippen LogP contribution >= 0.6 is 0 Å². The first-order valence-electron chi connectivity index (χ1n) is 8.31. The first-order chi connectivity index (χ1) is 12.0. The summed E-state index contributed by atoms with van der Waals surface area (Å²) < 4.78 is 3.72. The fourth-order valence-corrected chi connectivity index (χ4v) is 3.15. The van der Waals surface area contributed by atoms with Crippen LogP contribution in [-0.2, 0) is 27.2 Å². The normalized spacial score (nSPS) is 17.1. The number of aromatic nitrogens is 4.